The number of carbonyl (C=O) groups excluding carboxylic acids is 1. The Morgan fingerprint density at radius 2 is 1.67 bits per heavy atom. The van der Waals surface area contributed by atoms with Gasteiger partial charge in [0.05, 0.1) is 16.9 Å². The molecule has 2 fully saturated rings. The fraction of sp³-hybridized carbons (Fsp3) is 0.409. The molecule has 2 aliphatic heterocycles. The third-order valence-corrected chi connectivity index (χ3v) is 8.02. The van der Waals surface area contributed by atoms with Crippen molar-refractivity contribution in [3.8, 4) is 0 Å². The van der Waals surface area contributed by atoms with Gasteiger partial charge >= 0.3 is 0 Å². The summed E-state index contributed by atoms with van der Waals surface area (Å²) in [4.78, 5) is 15.3. The summed E-state index contributed by atoms with van der Waals surface area (Å²) >= 11 is 0. The summed E-state index contributed by atoms with van der Waals surface area (Å²) in [6.45, 7) is 5.86. The van der Waals surface area contributed by atoms with Crippen molar-refractivity contribution >= 4 is 15.9 Å². The number of benzene rings is 2. The van der Waals surface area contributed by atoms with Crippen LogP contribution in [0.4, 0.5) is 0 Å². The quantitative estimate of drug-likeness (QED) is 0.773. The van der Waals surface area contributed by atoms with Crippen LogP contribution in [0.15, 0.2) is 53.4 Å². The van der Waals surface area contributed by atoms with Crippen LogP contribution in [0.1, 0.15) is 22.7 Å². The van der Waals surface area contributed by atoms with Gasteiger partial charge in [-0.1, -0.05) is 36.4 Å². The first-order valence-electron chi connectivity index (χ1n) is 10.3. The van der Waals surface area contributed by atoms with Crippen LogP contribution in [-0.2, 0) is 14.8 Å². The highest BCUT2D eigenvalue weighted by Gasteiger charge is 2.38. The second-order valence-corrected chi connectivity index (χ2v) is 9.93. The first kappa shape index (κ1) is 21.0. The molecule has 2 unspecified atom stereocenters. The number of piperazine rings is 1. The van der Waals surface area contributed by atoms with Gasteiger partial charge < -0.3 is 4.90 Å². The highest BCUT2D eigenvalue weighted by molar-refractivity contribution is 7.89. The fourth-order valence-electron chi connectivity index (χ4n) is 4.11. The number of hydrazine groups is 1. The maximum Gasteiger partial charge on any atom is 0.243 e. The summed E-state index contributed by atoms with van der Waals surface area (Å²) in [5.74, 6) is -0.153. The third-order valence-electron chi connectivity index (χ3n) is 6.12. The lowest BCUT2D eigenvalue weighted by molar-refractivity contribution is -0.136. The standard InChI is InChI=1S/C22H28N4O3S/c1-16-8-9-19(14-17(16)2)30(28,29)26-12-10-25(11-13-26)22(27)20-15-23-24-21(20)18-6-4-3-5-7-18/h3-9,14,20-21,23-24H,10-13,15H2,1-2H3. The van der Waals surface area contributed by atoms with E-state index >= 15 is 0 Å². The molecule has 0 bridgehead atoms. The van der Waals surface area contributed by atoms with E-state index in [0.717, 1.165) is 16.7 Å². The Balaban J connectivity index is 1.42. The highest BCUT2D eigenvalue weighted by Crippen LogP contribution is 2.27. The summed E-state index contributed by atoms with van der Waals surface area (Å²) in [5.41, 5.74) is 9.39. The predicted molar refractivity (Wildman–Crippen MR) is 115 cm³/mol. The molecule has 4 rings (SSSR count). The Kier molecular flexibility index (Phi) is 5.92. The van der Waals surface area contributed by atoms with Gasteiger partial charge in [-0.05, 0) is 42.7 Å². The van der Waals surface area contributed by atoms with E-state index in [9.17, 15) is 13.2 Å². The molecular formula is C22H28N4O3S. The van der Waals surface area contributed by atoms with Crippen molar-refractivity contribution < 1.29 is 13.2 Å². The van der Waals surface area contributed by atoms with Gasteiger partial charge in [-0.15, -0.1) is 0 Å². The maximum absolute atomic E-state index is 13.2. The Hall–Kier alpha value is -2.26. The summed E-state index contributed by atoms with van der Waals surface area (Å²) < 4.78 is 27.5. The number of carbonyl (C=O) groups is 1. The van der Waals surface area contributed by atoms with Crippen LogP contribution in [0.5, 0.6) is 0 Å². The number of nitrogens with one attached hydrogen (secondary N) is 2. The van der Waals surface area contributed by atoms with Gasteiger partial charge in [0.1, 0.15) is 0 Å². The van der Waals surface area contributed by atoms with Gasteiger partial charge in [0.15, 0.2) is 0 Å². The van der Waals surface area contributed by atoms with Crippen LogP contribution in [-0.4, -0.2) is 56.3 Å². The number of aryl methyl sites for hydroxylation is 2. The van der Waals surface area contributed by atoms with Crippen LogP contribution >= 0.6 is 0 Å². The third kappa shape index (κ3) is 4.00. The molecule has 1 amide bonds. The van der Waals surface area contributed by atoms with E-state index in [1.165, 1.54) is 4.31 Å². The highest BCUT2D eigenvalue weighted by atomic mass is 32.2. The van der Waals surface area contributed by atoms with Crippen molar-refractivity contribution in [3.63, 3.8) is 0 Å². The van der Waals surface area contributed by atoms with E-state index in [1.807, 2.05) is 50.2 Å². The van der Waals surface area contributed by atoms with E-state index in [1.54, 1.807) is 17.0 Å². The van der Waals surface area contributed by atoms with Gasteiger partial charge in [0, 0.05) is 32.7 Å². The lowest BCUT2D eigenvalue weighted by atomic mass is 9.93. The molecule has 0 saturated carbocycles. The number of hydrogen-bond donors (Lipinski definition) is 2. The van der Waals surface area contributed by atoms with E-state index in [-0.39, 0.29) is 17.9 Å². The van der Waals surface area contributed by atoms with Crippen molar-refractivity contribution in [1.29, 1.82) is 0 Å². The average Bonchev–Trinajstić information content (AvgIpc) is 3.25. The van der Waals surface area contributed by atoms with Crippen LogP contribution in [0.2, 0.25) is 0 Å². The lowest BCUT2D eigenvalue weighted by Gasteiger charge is -2.36. The number of rotatable bonds is 4. The Morgan fingerprint density at radius 1 is 0.967 bits per heavy atom. The topological polar surface area (TPSA) is 81.8 Å². The van der Waals surface area contributed by atoms with Crippen molar-refractivity contribution in [2.45, 2.75) is 24.8 Å². The van der Waals surface area contributed by atoms with Crippen LogP contribution in [0.3, 0.4) is 0 Å². The summed E-state index contributed by atoms with van der Waals surface area (Å²) in [7, 11) is -3.55. The SMILES string of the molecule is Cc1ccc(S(=O)(=O)N2CCN(C(=O)C3CNNC3c3ccccc3)CC2)cc1C. The summed E-state index contributed by atoms with van der Waals surface area (Å²) in [6.07, 6.45) is 0. The van der Waals surface area contributed by atoms with Crippen LogP contribution in [0.25, 0.3) is 0 Å². The summed E-state index contributed by atoms with van der Waals surface area (Å²) in [5, 5.41) is 0. The molecular weight excluding hydrogens is 400 g/mol. The van der Waals surface area contributed by atoms with E-state index < -0.39 is 10.0 Å². The van der Waals surface area contributed by atoms with E-state index in [2.05, 4.69) is 10.9 Å². The zero-order chi connectivity index (χ0) is 21.3. The zero-order valence-electron chi connectivity index (χ0n) is 17.3. The molecule has 2 heterocycles. The molecule has 2 atom stereocenters. The number of amides is 1. The predicted octanol–water partition coefficient (Wildman–Crippen LogP) is 1.60. The molecule has 2 aromatic carbocycles. The second kappa shape index (κ2) is 8.47. The molecule has 0 aliphatic carbocycles. The average molecular weight is 429 g/mol. The molecule has 2 N–H and O–H groups in total. The number of hydrogen-bond acceptors (Lipinski definition) is 5. The minimum absolute atomic E-state index is 0.0598. The van der Waals surface area contributed by atoms with Crippen molar-refractivity contribution in [2.75, 3.05) is 32.7 Å². The van der Waals surface area contributed by atoms with Gasteiger partial charge in [-0.3, -0.25) is 10.2 Å². The van der Waals surface area contributed by atoms with Crippen LogP contribution in [0, 0.1) is 19.8 Å². The molecule has 2 saturated heterocycles. The van der Waals surface area contributed by atoms with Crippen molar-refractivity contribution in [1.82, 2.24) is 20.1 Å². The number of sulfonamides is 1. The molecule has 30 heavy (non-hydrogen) atoms. The van der Waals surface area contributed by atoms with Crippen molar-refractivity contribution in [3.05, 3.63) is 65.2 Å². The Bertz CT molecular complexity index is 1020. The first-order valence-corrected chi connectivity index (χ1v) is 11.7. The molecule has 0 spiro atoms. The van der Waals surface area contributed by atoms with E-state index in [4.69, 9.17) is 0 Å². The lowest BCUT2D eigenvalue weighted by Crippen LogP contribution is -2.52. The molecule has 7 nitrogen and oxygen atoms in total. The van der Waals surface area contributed by atoms with Gasteiger partial charge in [-0.2, -0.15) is 4.31 Å². The molecule has 2 aromatic rings. The normalized spacial score (nSPS) is 22.9. The minimum Gasteiger partial charge on any atom is -0.340 e. The van der Waals surface area contributed by atoms with Gasteiger partial charge in [0.25, 0.3) is 0 Å². The van der Waals surface area contributed by atoms with Gasteiger partial charge in [-0.25, -0.2) is 13.8 Å². The first-order chi connectivity index (χ1) is 14.4. The molecule has 0 radical (unpaired) electrons. The smallest absolute Gasteiger partial charge is 0.243 e. The molecule has 8 heteroatoms. The Labute approximate surface area is 178 Å². The molecule has 160 valence electrons. The monoisotopic (exact) mass is 428 g/mol. The fourth-order valence-corrected chi connectivity index (χ4v) is 5.62. The van der Waals surface area contributed by atoms with Crippen LogP contribution < -0.4 is 10.9 Å². The molecule has 2 aliphatic rings. The second-order valence-electron chi connectivity index (χ2n) is 8.00. The summed E-state index contributed by atoms with van der Waals surface area (Å²) in [6, 6.07) is 15.1. The van der Waals surface area contributed by atoms with Gasteiger partial charge in [0.2, 0.25) is 15.9 Å². The minimum atomic E-state index is -3.55. The Morgan fingerprint density at radius 3 is 2.33 bits per heavy atom. The number of nitrogens with zero attached hydrogens (tertiary/aromatic N) is 2. The zero-order valence-corrected chi connectivity index (χ0v) is 18.2. The van der Waals surface area contributed by atoms with Crippen molar-refractivity contribution in [2.24, 2.45) is 5.92 Å². The maximum atomic E-state index is 13.2. The molecule has 0 aromatic heterocycles. The van der Waals surface area contributed by atoms with E-state index in [0.29, 0.717) is 37.6 Å². The largest absolute Gasteiger partial charge is 0.340 e.